The number of nitrogens with zero attached hydrogens (tertiary/aromatic N) is 1. The number of carbonyl (C=O) groups excluding carboxylic acids is 1. The second-order valence-electron chi connectivity index (χ2n) is 4.33. The Labute approximate surface area is 111 Å². The van der Waals surface area contributed by atoms with E-state index in [2.05, 4.69) is 11.9 Å². The molecule has 0 unspecified atom stereocenters. The van der Waals surface area contributed by atoms with Crippen molar-refractivity contribution in [1.29, 1.82) is 0 Å². The standard InChI is InChI=1S/C15H16N2O2/c1-3-11-4-7-13(8-5-11)17(2)15(19)12-6-9-14(18)16-10-12/h4-10H,3H2,1-2H3,(H,16,18). The lowest BCUT2D eigenvalue weighted by atomic mass is 10.1. The summed E-state index contributed by atoms with van der Waals surface area (Å²) >= 11 is 0. The van der Waals surface area contributed by atoms with Crippen LogP contribution in [0.1, 0.15) is 22.8 Å². The summed E-state index contributed by atoms with van der Waals surface area (Å²) in [6.45, 7) is 2.09. The van der Waals surface area contributed by atoms with Crippen LogP contribution in [0.4, 0.5) is 5.69 Å². The summed E-state index contributed by atoms with van der Waals surface area (Å²) in [6, 6.07) is 10.7. The molecule has 4 heteroatoms. The van der Waals surface area contributed by atoms with E-state index in [0.29, 0.717) is 5.56 Å². The molecule has 1 aromatic carbocycles. The first-order chi connectivity index (χ1) is 9.11. The van der Waals surface area contributed by atoms with Crippen LogP contribution in [0.5, 0.6) is 0 Å². The minimum atomic E-state index is -0.216. The van der Waals surface area contributed by atoms with E-state index in [1.165, 1.54) is 23.9 Å². The van der Waals surface area contributed by atoms with E-state index < -0.39 is 0 Å². The summed E-state index contributed by atoms with van der Waals surface area (Å²) in [5, 5.41) is 0. The average molecular weight is 256 g/mol. The zero-order valence-corrected chi connectivity index (χ0v) is 11.0. The van der Waals surface area contributed by atoms with Crippen LogP contribution in [0.2, 0.25) is 0 Å². The highest BCUT2D eigenvalue weighted by molar-refractivity contribution is 6.05. The summed E-state index contributed by atoms with van der Waals surface area (Å²) in [6.07, 6.45) is 2.40. The molecule has 4 nitrogen and oxygen atoms in total. The zero-order chi connectivity index (χ0) is 13.8. The number of hydrogen-bond acceptors (Lipinski definition) is 2. The van der Waals surface area contributed by atoms with Crippen LogP contribution in [0, 0.1) is 0 Å². The van der Waals surface area contributed by atoms with Gasteiger partial charge >= 0.3 is 0 Å². The molecule has 0 atom stereocenters. The van der Waals surface area contributed by atoms with Gasteiger partial charge < -0.3 is 9.88 Å². The summed E-state index contributed by atoms with van der Waals surface area (Å²) in [4.78, 5) is 27.3. The highest BCUT2D eigenvalue weighted by Crippen LogP contribution is 2.16. The topological polar surface area (TPSA) is 53.2 Å². The molecule has 0 aliphatic heterocycles. The van der Waals surface area contributed by atoms with Crippen molar-refractivity contribution in [2.75, 3.05) is 11.9 Å². The minimum absolute atomic E-state index is 0.152. The molecule has 19 heavy (non-hydrogen) atoms. The molecular weight excluding hydrogens is 240 g/mol. The van der Waals surface area contributed by atoms with Crippen molar-refractivity contribution in [1.82, 2.24) is 4.98 Å². The van der Waals surface area contributed by atoms with Crippen molar-refractivity contribution in [3.05, 3.63) is 64.1 Å². The molecule has 2 aromatic rings. The van der Waals surface area contributed by atoms with Gasteiger partial charge in [-0.2, -0.15) is 0 Å². The Kier molecular flexibility index (Phi) is 3.80. The molecule has 0 bridgehead atoms. The maximum Gasteiger partial charge on any atom is 0.259 e. The average Bonchev–Trinajstić information content (AvgIpc) is 2.46. The summed E-state index contributed by atoms with van der Waals surface area (Å²) < 4.78 is 0. The van der Waals surface area contributed by atoms with Crippen molar-refractivity contribution in [3.8, 4) is 0 Å². The van der Waals surface area contributed by atoms with Crippen LogP contribution in [-0.2, 0) is 6.42 Å². The van der Waals surface area contributed by atoms with Gasteiger partial charge in [-0.3, -0.25) is 9.59 Å². The van der Waals surface area contributed by atoms with E-state index in [-0.39, 0.29) is 11.5 Å². The fourth-order valence-corrected chi connectivity index (χ4v) is 1.81. The second kappa shape index (κ2) is 5.52. The molecule has 0 saturated heterocycles. The molecule has 0 aliphatic rings. The summed E-state index contributed by atoms with van der Waals surface area (Å²) in [7, 11) is 1.72. The molecule has 0 saturated carbocycles. The van der Waals surface area contributed by atoms with Crippen LogP contribution < -0.4 is 10.5 Å². The second-order valence-corrected chi connectivity index (χ2v) is 4.33. The van der Waals surface area contributed by atoms with E-state index in [9.17, 15) is 9.59 Å². The molecule has 1 aromatic heterocycles. The number of pyridine rings is 1. The molecule has 1 N–H and O–H groups in total. The first kappa shape index (κ1) is 13.1. The summed E-state index contributed by atoms with van der Waals surface area (Å²) in [5.74, 6) is -0.152. The fraction of sp³-hybridized carbons (Fsp3) is 0.200. The fourth-order valence-electron chi connectivity index (χ4n) is 1.81. The molecule has 2 rings (SSSR count). The van der Waals surface area contributed by atoms with Gasteiger partial charge in [-0.15, -0.1) is 0 Å². The predicted molar refractivity (Wildman–Crippen MR) is 75.6 cm³/mol. The van der Waals surface area contributed by atoms with Crippen LogP contribution in [-0.4, -0.2) is 17.9 Å². The third-order valence-corrected chi connectivity index (χ3v) is 3.07. The minimum Gasteiger partial charge on any atom is -0.328 e. The lowest BCUT2D eigenvalue weighted by molar-refractivity contribution is 0.0992. The number of benzene rings is 1. The van der Waals surface area contributed by atoms with Gasteiger partial charge in [0.25, 0.3) is 5.91 Å². The van der Waals surface area contributed by atoms with E-state index in [1.54, 1.807) is 11.9 Å². The van der Waals surface area contributed by atoms with Crippen molar-refractivity contribution < 1.29 is 4.79 Å². The first-order valence-corrected chi connectivity index (χ1v) is 6.17. The molecule has 0 fully saturated rings. The third kappa shape index (κ3) is 2.91. The smallest absolute Gasteiger partial charge is 0.259 e. The predicted octanol–water partition coefficient (Wildman–Crippen LogP) is 2.21. The highest BCUT2D eigenvalue weighted by atomic mass is 16.2. The van der Waals surface area contributed by atoms with E-state index in [0.717, 1.165) is 12.1 Å². The van der Waals surface area contributed by atoms with Gasteiger partial charge in [-0.1, -0.05) is 19.1 Å². The van der Waals surface area contributed by atoms with Crippen LogP contribution >= 0.6 is 0 Å². The Morgan fingerprint density at radius 3 is 2.37 bits per heavy atom. The lowest BCUT2D eigenvalue weighted by Gasteiger charge is -2.17. The first-order valence-electron chi connectivity index (χ1n) is 6.17. The zero-order valence-electron chi connectivity index (χ0n) is 11.0. The number of rotatable bonds is 3. The number of nitrogens with one attached hydrogen (secondary N) is 1. The molecule has 1 heterocycles. The number of anilines is 1. The molecule has 1 amide bonds. The largest absolute Gasteiger partial charge is 0.328 e. The Morgan fingerprint density at radius 1 is 1.16 bits per heavy atom. The maximum atomic E-state index is 12.2. The van der Waals surface area contributed by atoms with Gasteiger partial charge in [0, 0.05) is 25.0 Å². The number of hydrogen-bond donors (Lipinski definition) is 1. The Hall–Kier alpha value is -2.36. The van der Waals surface area contributed by atoms with Crippen molar-refractivity contribution in [2.45, 2.75) is 13.3 Å². The number of aromatic amines is 1. The SMILES string of the molecule is CCc1ccc(N(C)C(=O)c2ccc(=O)[nH]c2)cc1. The third-order valence-electron chi connectivity index (χ3n) is 3.07. The Balaban J connectivity index is 2.22. The molecule has 0 aliphatic carbocycles. The van der Waals surface area contributed by atoms with Gasteiger partial charge in [0.05, 0.1) is 5.56 Å². The number of aryl methyl sites for hydroxylation is 1. The Morgan fingerprint density at radius 2 is 1.84 bits per heavy atom. The van der Waals surface area contributed by atoms with Gasteiger partial charge in [0.15, 0.2) is 0 Å². The van der Waals surface area contributed by atoms with Gasteiger partial charge in [-0.25, -0.2) is 0 Å². The van der Waals surface area contributed by atoms with E-state index >= 15 is 0 Å². The van der Waals surface area contributed by atoms with Crippen molar-refractivity contribution >= 4 is 11.6 Å². The van der Waals surface area contributed by atoms with Crippen LogP contribution in [0.15, 0.2) is 47.4 Å². The van der Waals surface area contributed by atoms with Crippen molar-refractivity contribution in [3.63, 3.8) is 0 Å². The van der Waals surface area contributed by atoms with Gasteiger partial charge in [-0.05, 0) is 30.2 Å². The van der Waals surface area contributed by atoms with Crippen molar-refractivity contribution in [2.24, 2.45) is 0 Å². The Bertz CT molecular complexity index is 609. The maximum absolute atomic E-state index is 12.2. The molecular formula is C15H16N2O2. The van der Waals surface area contributed by atoms with Gasteiger partial charge in [0.2, 0.25) is 5.56 Å². The van der Waals surface area contributed by atoms with E-state index in [1.807, 2.05) is 24.3 Å². The quantitative estimate of drug-likeness (QED) is 0.915. The molecule has 0 spiro atoms. The number of H-pyrrole nitrogens is 1. The highest BCUT2D eigenvalue weighted by Gasteiger charge is 2.13. The van der Waals surface area contributed by atoms with Crippen LogP contribution in [0.25, 0.3) is 0 Å². The number of aromatic nitrogens is 1. The summed E-state index contributed by atoms with van der Waals surface area (Å²) in [5.41, 5.74) is 2.30. The normalized spacial score (nSPS) is 10.2. The lowest BCUT2D eigenvalue weighted by Crippen LogP contribution is -2.26. The molecule has 98 valence electrons. The van der Waals surface area contributed by atoms with E-state index in [4.69, 9.17) is 0 Å². The number of carbonyl (C=O) groups is 1. The molecule has 0 radical (unpaired) electrons. The van der Waals surface area contributed by atoms with Gasteiger partial charge in [0.1, 0.15) is 0 Å². The van der Waals surface area contributed by atoms with Crippen LogP contribution in [0.3, 0.4) is 0 Å². The monoisotopic (exact) mass is 256 g/mol. The number of amides is 1.